The quantitative estimate of drug-likeness (QED) is 0.819. The molecular weight excluding hydrogens is 300 g/mol. The van der Waals surface area contributed by atoms with Gasteiger partial charge in [0, 0.05) is 5.92 Å². The number of allylic oxidation sites excluding steroid dienone is 2. The molecule has 3 atom stereocenters. The highest BCUT2D eigenvalue weighted by atomic mass is 16.5. The van der Waals surface area contributed by atoms with Gasteiger partial charge in [0.05, 0.1) is 32.7 Å². The summed E-state index contributed by atoms with van der Waals surface area (Å²) in [6.45, 7) is 5.32. The number of nitrogens with one attached hydrogen (secondary N) is 1. The topological polar surface area (TPSA) is 34.0 Å². The number of amides is 1. The molecule has 4 heteroatoms. The molecule has 2 fully saturated rings. The highest BCUT2D eigenvalue weighted by Crippen LogP contribution is 2.42. The van der Waals surface area contributed by atoms with E-state index in [1.807, 2.05) is 35.2 Å². The first-order chi connectivity index (χ1) is 11.8. The molecule has 1 aromatic carbocycles. The van der Waals surface area contributed by atoms with Crippen molar-refractivity contribution in [2.24, 2.45) is 17.8 Å². The van der Waals surface area contributed by atoms with Gasteiger partial charge in [-0.25, -0.2) is 0 Å². The van der Waals surface area contributed by atoms with Crippen molar-refractivity contribution in [1.29, 1.82) is 0 Å². The van der Waals surface area contributed by atoms with Crippen molar-refractivity contribution in [2.45, 2.75) is 12.8 Å². The summed E-state index contributed by atoms with van der Waals surface area (Å²) in [7, 11) is 0. The van der Waals surface area contributed by atoms with Crippen LogP contribution in [-0.2, 0) is 4.79 Å². The molecule has 24 heavy (non-hydrogen) atoms. The van der Waals surface area contributed by atoms with Gasteiger partial charge >= 0.3 is 0 Å². The summed E-state index contributed by atoms with van der Waals surface area (Å²) < 4.78 is 5.58. The van der Waals surface area contributed by atoms with Gasteiger partial charge in [-0.05, 0) is 36.8 Å². The summed E-state index contributed by atoms with van der Waals surface area (Å²) in [4.78, 5) is 15.9. The van der Waals surface area contributed by atoms with Crippen LogP contribution in [0.3, 0.4) is 0 Å². The molecule has 0 radical (unpaired) electrons. The number of hydrogen-bond donors (Lipinski definition) is 1. The number of benzene rings is 1. The largest absolute Gasteiger partial charge is 0.484 e. The van der Waals surface area contributed by atoms with Crippen LogP contribution in [0.4, 0.5) is 0 Å². The van der Waals surface area contributed by atoms with Crippen molar-refractivity contribution < 1.29 is 14.4 Å². The van der Waals surface area contributed by atoms with E-state index in [4.69, 9.17) is 4.74 Å². The van der Waals surface area contributed by atoms with E-state index in [1.165, 1.54) is 19.4 Å². The molecular formula is C20H27N2O2+. The number of ether oxygens (including phenoxy) is 1. The molecule has 128 valence electrons. The number of carbonyl (C=O) groups is 1. The molecule has 4 nitrogen and oxygen atoms in total. The normalized spacial score (nSPS) is 29.2. The minimum absolute atomic E-state index is 0.112. The first kappa shape index (κ1) is 15.7. The maximum Gasteiger partial charge on any atom is 0.260 e. The predicted molar refractivity (Wildman–Crippen MR) is 92.9 cm³/mol. The van der Waals surface area contributed by atoms with Crippen LogP contribution in [0.25, 0.3) is 0 Å². The van der Waals surface area contributed by atoms with Crippen LogP contribution >= 0.6 is 0 Å². The summed E-state index contributed by atoms with van der Waals surface area (Å²) in [5.74, 6) is 3.44. The highest BCUT2D eigenvalue weighted by Gasteiger charge is 2.38. The van der Waals surface area contributed by atoms with E-state index in [2.05, 4.69) is 12.2 Å². The van der Waals surface area contributed by atoms with Gasteiger partial charge in [-0.2, -0.15) is 0 Å². The van der Waals surface area contributed by atoms with Gasteiger partial charge in [0.2, 0.25) is 0 Å². The number of hydrogen-bond acceptors (Lipinski definition) is 2. The van der Waals surface area contributed by atoms with Crippen molar-refractivity contribution in [1.82, 2.24) is 4.90 Å². The van der Waals surface area contributed by atoms with E-state index >= 15 is 0 Å². The fraction of sp³-hybridized carbons (Fsp3) is 0.550. The molecule has 0 spiro atoms. The lowest BCUT2D eigenvalue weighted by molar-refractivity contribution is -0.907. The Labute approximate surface area is 144 Å². The average Bonchev–Trinajstić information content (AvgIpc) is 3.24. The van der Waals surface area contributed by atoms with E-state index in [9.17, 15) is 4.79 Å². The number of nitrogens with zero attached hydrogens (tertiary/aromatic N) is 1. The first-order valence-electron chi connectivity index (χ1n) is 9.25. The van der Waals surface area contributed by atoms with Gasteiger partial charge in [-0.1, -0.05) is 30.4 Å². The van der Waals surface area contributed by atoms with Crippen LogP contribution in [0.1, 0.15) is 12.8 Å². The second-order valence-corrected chi connectivity index (χ2v) is 7.48. The fourth-order valence-electron chi connectivity index (χ4n) is 4.53. The Morgan fingerprint density at radius 3 is 2.58 bits per heavy atom. The van der Waals surface area contributed by atoms with E-state index < -0.39 is 0 Å². The third-order valence-corrected chi connectivity index (χ3v) is 5.90. The summed E-state index contributed by atoms with van der Waals surface area (Å²) >= 11 is 0. The SMILES string of the molecule is O=C(COc1ccccc1)N1CC[NH+](C[C@H]2C[C@@H]3C=C[C@H]2C3)CC1. The molecule has 1 N–H and O–H groups in total. The molecule has 1 aromatic rings. The lowest BCUT2D eigenvalue weighted by Gasteiger charge is -2.34. The average molecular weight is 327 g/mol. The third kappa shape index (κ3) is 3.48. The number of piperazine rings is 1. The zero-order valence-electron chi connectivity index (χ0n) is 14.2. The van der Waals surface area contributed by atoms with E-state index in [0.29, 0.717) is 0 Å². The lowest BCUT2D eigenvalue weighted by atomic mass is 9.93. The summed E-state index contributed by atoms with van der Waals surface area (Å²) in [5, 5.41) is 0. The summed E-state index contributed by atoms with van der Waals surface area (Å²) in [5.41, 5.74) is 0. The van der Waals surface area contributed by atoms with Gasteiger partial charge in [0.1, 0.15) is 5.75 Å². The number of fused-ring (bicyclic) bond motifs is 2. The standard InChI is InChI=1S/C20H26N2O2/c23-20(15-24-19-4-2-1-3-5-19)22-10-8-21(9-11-22)14-18-13-16-6-7-17(18)12-16/h1-7,16-18H,8-15H2/p+1/t16-,17+,18-/m1/s1. The van der Waals surface area contributed by atoms with E-state index in [-0.39, 0.29) is 12.5 Å². The van der Waals surface area contributed by atoms with Crippen LogP contribution < -0.4 is 9.64 Å². The highest BCUT2D eigenvalue weighted by molar-refractivity contribution is 5.77. The zero-order valence-corrected chi connectivity index (χ0v) is 14.2. The molecule has 1 aliphatic heterocycles. The van der Waals surface area contributed by atoms with Crippen LogP contribution in [0.2, 0.25) is 0 Å². The monoisotopic (exact) mass is 327 g/mol. The van der Waals surface area contributed by atoms with Crippen molar-refractivity contribution in [3.8, 4) is 5.75 Å². The zero-order chi connectivity index (χ0) is 16.4. The van der Waals surface area contributed by atoms with Gasteiger partial charge in [-0.15, -0.1) is 0 Å². The first-order valence-corrected chi connectivity index (χ1v) is 9.25. The Morgan fingerprint density at radius 1 is 1.12 bits per heavy atom. The predicted octanol–water partition coefficient (Wildman–Crippen LogP) is 1.00. The second kappa shape index (κ2) is 6.98. The van der Waals surface area contributed by atoms with Crippen molar-refractivity contribution in [2.75, 3.05) is 39.3 Å². The molecule has 2 bridgehead atoms. The lowest BCUT2D eigenvalue weighted by Crippen LogP contribution is -3.15. The molecule has 1 saturated heterocycles. The van der Waals surface area contributed by atoms with Gasteiger partial charge in [0.15, 0.2) is 6.61 Å². The number of quaternary nitrogens is 1. The summed E-state index contributed by atoms with van der Waals surface area (Å²) in [6.07, 6.45) is 7.64. The molecule has 2 aliphatic carbocycles. The number of rotatable bonds is 5. The Morgan fingerprint density at radius 2 is 1.92 bits per heavy atom. The fourth-order valence-corrected chi connectivity index (χ4v) is 4.53. The Hall–Kier alpha value is -1.81. The molecule has 1 saturated carbocycles. The van der Waals surface area contributed by atoms with E-state index in [0.717, 1.165) is 49.7 Å². The molecule has 1 amide bonds. The van der Waals surface area contributed by atoms with Gasteiger partial charge in [0.25, 0.3) is 5.91 Å². The number of carbonyl (C=O) groups excluding carboxylic acids is 1. The van der Waals surface area contributed by atoms with Crippen molar-refractivity contribution in [3.63, 3.8) is 0 Å². The molecule has 3 aliphatic rings. The minimum Gasteiger partial charge on any atom is -0.484 e. The van der Waals surface area contributed by atoms with Crippen LogP contribution in [-0.4, -0.2) is 50.1 Å². The van der Waals surface area contributed by atoms with Crippen molar-refractivity contribution in [3.05, 3.63) is 42.5 Å². The minimum atomic E-state index is 0.112. The Bertz CT molecular complexity index is 593. The van der Waals surface area contributed by atoms with Crippen molar-refractivity contribution >= 4 is 5.91 Å². The maximum absolute atomic E-state index is 12.3. The number of para-hydroxylation sites is 1. The van der Waals surface area contributed by atoms with Crippen LogP contribution in [0.5, 0.6) is 5.75 Å². The molecule has 4 rings (SSSR count). The van der Waals surface area contributed by atoms with Gasteiger partial charge < -0.3 is 14.5 Å². The molecule has 1 heterocycles. The Kier molecular flexibility index (Phi) is 4.56. The third-order valence-electron chi connectivity index (χ3n) is 5.90. The van der Waals surface area contributed by atoms with Crippen LogP contribution in [0.15, 0.2) is 42.5 Å². The molecule has 0 unspecified atom stereocenters. The summed E-state index contributed by atoms with van der Waals surface area (Å²) in [6, 6.07) is 9.57. The van der Waals surface area contributed by atoms with Crippen LogP contribution in [0, 0.1) is 17.8 Å². The maximum atomic E-state index is 12.3. The molecule has 0 aromatic heterocycles. The smallest absolute Gasteiger partial charge is 0.260 e. The second-order valence-electron chi connectivity index (χ2n) is 7.48. The van der Waals surface area contributed by atoms with E-state index in [1.54, 1.807) is 4.90 Å². The van der Waals surface area contributed by atoms with Gasteiger partial charge in [-0.3, -0.25) is 4.79 Å². The Balaban J connectivity index is 1.20.